The number of esters is 1. The van der Waals surface area contributed by atoms with Crippen LogP contribution in [0.2, 0.25) is 0 Å². The van der Waals surface area contributed by atoms with Crippen LogP contribution in [0.4, 0.5) is 0 Å². The average molecular weight is 624 g/mol. The topological polar surface area (TPSA) is 76.0 Å². The normalized spacial score (nSPS) is 11.5. The summed E-state index contributed by atoms with van der Waals surface area (Å²) in [5.41, 5.74) is 0. The molecule has 0 bridgehead atoms. The first-order valence-corrected chi connectivity index (χ1v) is 17.3. The second-order valence-electron chi connectivity index (χ2n) is 11.1. The Bertz CT molecular complexity index is 1990. The maximum absolute atomic E-state index is 11.6. The zero-order valence-electron chi connectivity index (χ0n) is 25.4. The van der Waals surface area contributed by atoms with E-state index in [9.17, 15) is 4.79 Å². The van der Waals surface area contributed by atoms with Crippen LogP contribution in [0, 0.1) is 0 Å². The van der Waals surface area contributed by atoms with Crippen molar-refractivity contribution in [2.24, 2.45) is 0 Å². The van der Waals surface area contributed by atoms with Gasteiger partial charge < -0.3 is 14.7 Å². The van der Waals surface area contributed by atoms with Gasteiger partial charge >= 0.3 is 150 Å². The summed E-state index contributed by atoms with van der Waals surface area (Å²) in [6.45, 7) is 1.47. The van der Waals surface area contributed by atoms with Gasteiger partial charge in [0, 0.05) is 5.39 Å². The number of rotatable bonds is 7. The molecule has 0 radical (unpaired) electrons. The van der Waals surface area contributed by atoms with Crippen LogP contribution < -0.4 is 20.6 Å². The largest absolute Gasteiger partial charge is 0.707 e. The molecule has 0 aliphatic rings. The van der Waals surface area contributed by atoms with E-state index in [1.165, 1.54) is 28.2 Å². The molecule has 0 spiro atoms. The first-order valence-electron chi connectivity index (χ1n) is 15.1. The minimum absolute atomic E-state index is 0.241. The van der Waals surface area contributed by atoms with Crippen LogP contribution in [0.25, 0.3) is 32.3 Å². The standard InChI is InChI=1S/C21H21O2P.C18H13BO3/c1-18(22)23-17-24(19-11-5-2-6-12-19,20-13-7-3-8-14-20)21-15-9-4-10-16-21;20-19(21)22-17-7-3-6-12-8-9-15-10-13-4-1-2-5-14(13)11-16(15)18(12)17/h2-16,24H,17H2,1H3;1-11,20-21H. The number of carbonyl (C=O) groups is 1. The predicted octanol–water partition coefficient (Wildman–Crippen LogP) is 6.73. The van der Waals surface area contributed by atoms with Crippen molar-refractivity contribution in [2.75, 3.05) is 6.35 Å². The van der Waals surface area contributed by atoms with Crippen LogP contribution in [-0.4, -0.2) is 29.7 Å². The molecule has 2 N–H and O–H groups in total. The molecule has 0 aliphatic heterocycles. The van der Waals surface area contributed by atoms with Gasteiger partial charge in [-0.1, -0.05) is 48.5 Å². The van der Waals surface area contributed by atoms with Gasteiger partial charge in [-0.2, -0.15) is 0 Å². The maximum atomic E-state index is 11.6. The molecule has 0 atom stereocenters. The second kappa shape index (κ2) is 14.0. The van der Waals surface area contributed by atoms with Crippen molar-refractivity contribution in [3.8, 4) is 5.75 Å². The second-order valence-corrected chi connectivity index (χ2v) is 14.9. The molecule has 5 nitrogen and oxygen atoms in total. The van der Waals surface area contributed by atoms with Crippen LogP contribution >= 0.6 is 7.26 Å². The predicted molar refractivity (Wildman–Crippen MR) is 193 cm³/mol. The average Bonchev–Trinajstić information content (AvgIpc) is 3.09. The summed E-state index contributed by atoms with van der Waals surface area (Å²) in [6.07, 6.45) is 0.403. The Morgan fingerprint density at radius 2 is 1.07 bits per heavy atom. The Morgan fingerprint density at radius 3 is 1.59 bits per heavy atom. The minimum Gasteiger partial charge on any atom is -0.511 e. The van der Waals surface area contributed by atoms with Crippen molar-refractivity contribution in [1.82, 2.24) is 0 Å². The molecule has 0 saturated heterocycles. The smallest absolute Gasteiger partial charge is 0.511 e. The van der Waals surface area contributed by atoms with Gasteiger partial charge in [-0.25, -0.2) is 0 Å². The van der Waals surface area contributed by atoms with Gasteiger partial charge in [0.05, 0.1) is 0 Å². The van der Waals surface area contributed by atoms with E-state index in [2.05, 4.69) is 103 Å². The Hall–Kier alpha value is -5.00. The molecule has 228 valence electrons. The molecule has 0 fully saturated rings. The monoisotopic (exact) mass is 624 g/mol. The van der Waals surface area contributed by atoms with E-state index >= 15 is 0 Å². The summed E-state index contributed by atoms with van der Waals surface area (Å²) in [5.74, 6) is 0.225. The molecule has 0 saturated carbocycles. The summed E-state index contributed by atoms with van der Waals surface area (Å²) < 4.78 is 10.8. The fourth-order valence-electron chi connectivity index (χ4n) is 6.11. The fourth-order valence-corrected chi connectivity index (χ4v) is 10.3. The Morgan fingerprint density at radius 1 is 0.587 bits per heavy atom. The summed E-state index contributed by atoms with van der Waals surface area (Å²) in [4.78, 5) is 11.6. The van der Waals surface area contributed by atoms with Crippen LogP contribution in [0.15, 0.2) is 158 Å². The molecule has 0 aromatic heterocycles. The first kappa shape index (κ1) is 31.0. The Labute approximate surface area is 269 Å². The van der Waals surface area contributed by atoms with Crippen LogP contribution in [0.3, 0.4) is 0 Å². The molecule has 0 heterocycles. The molecular weight excluding hydrogens is 590 g/mol. The molecule has 0 aliphatic carbocycles. The summed E-state index contributed by atoms with van der Waals surface area (Å²) in [7, 11) is -4.26. The van der Waals surface area contributed by atoms with Crippen molar-refractivity contribution < 1.29 is 24.2 Å². The molecular formula is C39H34BO5P. The number of hydrogen-bond donors (Lipinski definition) is 2. The van der Waals surface area contributed by atoms with Gasteiger partial charge in [0.1, 0.15) is 5.75 Å². The third kappa shape index (κ3) is 6.51. The quantitative estimate of drug-likeness (QED) is 0.0677. The van der Waals surface area contributed by atoms with Gasteiger partial charge in [0.15, 0.2) is 0 Å². The van der Waals surface area contributed by atoms with E-state index in [-0.39, 0.29) is 5.97 Å². The number of carbonyl (C=O) groups excluding carboxylic acids is 1. The van der Waals surface area contributed by atoms with E-state index in [0.717, 1.165) is 26.9 Å². The summed E-state index contributed by atoms with van der Waals surface area (Å²) in [6, 6.07) is 53.4. The Balaban J connectivity index is 0.000000162. The molecule has 7 heteroatoms. The van der Waals surface area contributed by atoms with Crippen LogP contribution in [0.1, 0.15) is 6.92 Å². The van der Waals surface area contributed by atoms with Crippen molar-refractivity contribution in [1.29, 1.82) is 0 Å². The van der Waals surface area contributed by atoms with Crippen molar-refractivity contribution in [2.45, 2.75) is 6.92 Å². The van der Waals surface area contributed by atoms with E-state index in [0.29, 0.717) is 12.1 Å². The third-order valence-electron chi connectivity index (χ3n) is 8.21. The van der Waals surface area contributed by atoms with E-state index < -0.39 is 14.6 Å². The summed E-state index contributed by atoms with van der Waals surface area (Å²) >= 11 is 0. The number of benzene rings is 7. The molecule has 0 amide bonds. The molecule has 7 aromatic carbocycles. The van der Waals surface area contributed by atoms with Gasteiger partial charge in [-0.3, -0.25) is 0 Å². The van der Waals surface area contributed by atoms with Gasteiger partial charge in [-0.15, -0.1) is 0 Å². The van der Waals surface area contributed by atoms with E-state index in [1.807, 2.05) is 48.5 Å². The number of hydrogen-bond acceptors (Lipinski definition) is 5. The number of fused-ring (bicyclic) bond motifs is 4. The maximum Gasteiger partial charge on any atom is 0.707 e. The fraction of sp³-hybridized carbons (Fsp3) is 0.0513. The summed E-state index contributed by atoms with van der Waals surface area (Å²) in [5, 5.41) is 28.3. The molecule has 46 heavy (non-hydrogen) atoms. The van der Waals surface area contributed by atoms with Gasteiger partial charge in [0.25, 0.3) is 0 Å². The SMILES string of the molecule is CC(=O)OC[PH](c1ccccc1)(c1ccccc1)c1ccccc1.OB(O)Oc1cccc2ccc3cc4ccccc4cc3c12. The van der Waals surface area contributed by atoms with Crippen molar-refractivity contribution in [3.05, 3.63) is 158 Å². The molecule has 0 unspecified atom stereocenters. The van der Waals surface area contributed by atoms with E-state index in [1.54, 1.807) is 6.07 Å². The molecule has 7 rings (SSSR count). The number of ether oxygens (including phenoxy) is 1. The minimum atomic E-state index is -2.43. The zero-order valence-corrected chi connectivity index (χ0v) is 26.4. The van der Waals surface area contributed by atoms with Crippen LogP contribution in [-0.2, 0) is 9.53 Å². The van der Waals surface area contributed by atoms with Gasteiger partial charge in [0.2, 0.25) is 0 Å². The van der Waals surface area contributed by atoms with Gasteiger partial charge in [-0.05, 0) is 45.1 Å². The zero-order chi connectivity index (χ0) is 31.9. The van der Waals surface area contributed by atoms with E-state index in [4.69, 9.17) is 19.4 Å². The van der Waals surface area contributed by atoms with Crippen molar-refractivity contribution in [3.63, 3.8) is 0 Å². The first-order chi connectivity index (χ1) is 22.5. The third-order valence-corrected chi connectivity index (χ3v) is 12.7. The van der Waals surface area contributed by atoms with Crippen molar-refractivity contribution >= 4 is 68.8 Å². The van der Waals surface area contributed by atoms with Crippen LogP contribution in [0.5, 0.6) is 5.75 Å². The Kier molecular flexibility index (Phi) is 9.42. The molecule has 7 aromatic rings.